The molecule has 0 atom stereocenters. The van der Waals surface area contributed by atoms with Crippen molar-refractivity contribution in [1.29, 1.82) is 0 Å². The predicted octanol–water partition coefficient (Wildman–Crippen LogP) is 3.42. The maximum Gasteiger partial charge on any atom is 0.222 e. The highest BCUT2D eigenvalue weighted by atomic mass is 79.9. The van der Waals surface area contributed by atoms with Crippen LogP contribution in [0.15, 0.2) is 35.1 Å². The van der Waals surface area contributed by atoms with Gasteiger partial charge in [0.2, 0.25) is 5.88 Å². The first-order chi connectivity index (χ1) is 9.26. The third-order valence-electron chi connectivity index (χ3n) is 2.82. The molecule has 0 unspecified atom stereocenters. The zero-order valence-electron chi connectivity index (χ0n) is 11.0. The Morgan fingerprint density at radius 3 is 2.74 bits per heavy atom. The van der Waals surface area contributed by atoms with Crippen molar-refractivity contribution in [2.24, 2.45) is 0 Å². The van der Waals surface area contributed by atoms with Crippen LogP contribution in [-0.2, 0) is 13.0 Å². The van der Waals surface area contributed by atoms with E-state index in [-0.39, 0.29) is 0 Å². The van der Waals surface area contributed by atoms with Crippen molar-refractivity contribution in [2.45, 2.75) is 20.0 Å². The van der Waals surface area contributed by atoms with E-state index in [9.17, 15) is 0 Å². The number of rotatable bonds is 5. The van der Waals surface area contributed by atoms with Crippen LogP contribution >= 0.6 is 15.9 Å². The van der Waals surface area contributed by atoms with Crippen LogP contribution in [0.5, 0.6) is 5.88 Å². The summed E-state index contributed by atoms with van der Waals surface area (Å²) in [4.78, 5) is 8.40. The predicted molar refractivity (Wildman–Crippen MR) is 79.4 cm³/mol. The van der Waals surface area contributed by atoms with E-state index < -0.39 is 0 Å². The molecule has 5 heteroatoms. The van der Waals surface area contributed by atoms with Gasteiger partial charge in [-0.25, -0.2) is 9.97 Å². The minimum absolute atomic E-state index is 0.481. The number of hydrogen-bond donors (Lipinski definition) is 1. The molecule has 0 aliphatic carbocycles. The molecule has 0 aliphatic heterocycles. The summed E-state index contributed by atoms with van der Waals surface area (Å²) >= 11 is 3.51. The van der Waals surface area contributed by atoms with Gasteiger partial charge in [-0.1, -0.05) is 41.1 Å². The van der Waals surface area contributed by atoms with Crippen LogP contribution < -0.4 is 10.1 Å². The molecular formula is C14H16BrN3O. The smallest absolute Gasteiger partial charge is 0.222 e. The lowest BCUT2D eigenvalue weighted by molar-refractivity contribution is 0.289. The molecule has 2 aromatic rings. The van der Waals surface area contributed by atoms with Crippen LogP contribution in [0.1, 0.15) is 18.1 Å². The molecule has 2 rings (SSSR count). The highest BCUT2D eigenvalue weighted by Crippen LogP contribution is 2.24. The summed E-state index contributed by atoms with van der Waals surface area (Å²) in [6.45, 7) is 2.54. The second-order valence-electron chi connectivity index (χ2n) is 3.99. The minimum atomic E-state index is 0.481. The van der Waals surface area contributed by atoms with Gasteiger partial charge >= 0.3 is 0 Å². The van der Waals surface area contributed by atoms with Crippen LogP contribution in [-0.4, -0.2) is 17.0 Å². The van der Waals surface area contributed by atoms with Gasteiger partial charge in [-0.05, 0) is 12.5 Å². The molecule has 0 radical (unpaired) electrons. The van der Waals surface area contributed by atoms with Crippen molar-refractivity contribution in [3.8, 4) is 5.88 Å². The molecule has 4 nitrogen and oxygen atoms in total. The Bertz CT molecular complexity index is 560. The lowest BCUT2D eigenvalue weighted by atomic mass is 10.2. The fraction of sp³-hybridized carbons (Fsp3) is 0.286. The Morgan fingerprint density at radius 1 is 1.26 bits per heavy atom. The molecule has 19 heavy (non-hydrogen) atoms. The summed E-state index contributed by atoms with van der Waals surface area (Å²) < 4.78 is 6.85. The van der Waals surface area contributed by atoms with Gasteiger partial charge in [0.25, 0.3) is 0 Å². The van der Waals surface area contributed by atoms with Gasteiger partial charge in [0.1, 0.15) is 18.8 Å². The standard InChI is InChI=1S/C14H16BrN3O/c1-3-11-13(16-2)17-9-18-14(11)19-8-10-6-4-5-7-12(10)15/h4-7,9H,3,8H2,1-2H3,(H,16,17,18). The summed E-state index contributed by atoms with van der Waals surface area (Å²) in [6.07, 6.45) is 2.34. The van der Waals surface area contributed by atoms with E-state index in [1.165, 1.54) is 6.33 Å². The monoisotopic (exact) mass is 321 g/mol. The molecule has 0 aliphatic rings. The summed E-state index contributed by atoms with van der Waals surface area (Å²) in [6, 6.07) is 7.99. The fourth-order valence-corrected chi connectivity index (χ4v) is 2.22. The first kappa shape index (κ1) is 13.8. The molecule has 0 fully saturated rings. The molecule has 0 saturated carbocycles. The second kappa shape index (κ2) is 6.52. The zero-order chi connectivity index (χ0) is 13.7. The molecule has 100 valence electrons. The largest absolute Gasteiger partial charge is 0.472 e. The summed E-state index contributed by atoms with van der Waals surface area (Å²) in [5.74, 6) is 1.46. The average molecular weight is 322 g/mol. The van der Waals surface area contributed by atoms with Crippen molar-refractivity contribution in [3.05, 3.63) is 46.2 Å². The van der Waals surface area contributed by atoms with Gasteiger partial charge in [-0.15, -0.1) is 0 Å². The summed E-state index contributed by atoms with van der Waals surface area (Å²) in [5, 5.41) is 3.06. The highest BCUT2D eigenvalue weighted by molar-refractivity contribution is 9.10. The molecule has 0 spiro atoms. The average Bonchev–Trinajstić information content (AvgIpc) is 2.45. The van der Waals surface area contributed by atoms with Crippen LogP contribution in [0.25, 0.3) is 0 Å². The van der Waals surface area contributed by atoms with E-state index in [1.807, 2.05) is 31.3 Å². The van der Waals surface area contributed by atoms with Crippen molar-refractivity contribution in [1.82, 2.24) is 9.97 Å². The molecule has 0 saturated heterocycles. The van der Waals surface area contributed by atoms with E-state index >= 15 is 0 Å². The second-order valence-corrected chi connectivity index (χ2v) is 4.84. The molecule has 1 aromatic heterocycles. The quantitative estimate of drug-likeness (QED) is 0.916. The van der Waals surface area contributed by atoms with Gasteiger partial charge in [0.05, 0.1) is 5.56 Å². The van der Waals surface area contributed by atoms with Gasteiger partial charge in [-0.2, -0.15) is 0 Å². The van der Waals surface area contributed by atoms with Crippen molar-refractivity contribution < 1.29 is 4.74 Å². The van der Waals surface area contributed by atoms with E-state index in [2.05, 4.69) is 38.1 Å². The molecule has 1 aromatic carbocycles. The van der Waals surface area contributed by atoms with Crippen LogP contribution in [0, 0.1) is 0 Å². The minimum Gasteiger partial charge on any atom is -0.472 e. The number of nitrogens with zero attached hydrogens (tertiary/aromatic N) is 2. The fourth-order valence-electron chi connectivity index (χ4n) is 1.82. The Balaban J connectivity index is 2.18. The van der Waals surface area contributed by atoms with Crippen molar-refractivity contribution in [2.75, 3.05) is 12.4 Å². The Morgan fingerprint density at radius 2 is 2.05 bits per heavy atom. The highest BCUT2D eigenvalue weighted by Gasteiger charge is 2.10. The number of hydrogen-bond acceptors (Lipinski definition) is 4. The third kappa shape index (κ3) is 3.23. The summed E-state index contributed by atoms with van der Waals surface area (Å²) in [5.41, 5.74) is 2.09. The van der Waals surface area contributed by atoms with Gasteiger partial charge in [0, 0.05) is 17.1 Å². The SMILES string of the molecule is CCc1c(NC)ncnc1OCc1ccccc1Br. The number of nitrogens with one attached hydrogen (secondary N) is 1. The van der Waals surface area contributed by atoms with E-state index in [4.69, 9.17) is 4.74 Å². The van der Waals surface area contributed by atoms with Crippen LogP contribution in [0.2, 0.25) is 0 Å². The molecule has 1 heterocycles. The Kier molecular flexibility index (Phi) is 4.74. The Hall–Kier alpha value is -1.62. The molecule has 0 amide bonds. The zero-order valence-corrected chi connectivity index (χ0v) is 12.6. The first-order valence-electron chi connectivity index (χ1n) is 6.14. The number of ether oxygens (including phenoxy) is 1. The van der Waals surface area contributed by atoms with Crippen LogP contribution in [0.4, 0.5) is 5.82 Å². The van der Waals surface area contributed by atoms with Crippen LogP contribution in [0.3, 0.4) is 0 Å². The molecule has 1 N–H and O–H groups in total. The van der Waals surface area contributed by atoms with E-state index in [0.717, 1.165) is 27.8 Å². The lowest BCUT2D eigenvalue weighted by Crippen LogP contribution is -2.05. The Labute approximate surface area is 121 Å². The molecular weight excluding hydrogens is 306 g/mol. The van der Waals surface area contributed by atoms with Crippen molar-refractivity contribution in [3.63, 3.8) is 0 Å². The van der Waals surface area contributed by atoms with Gasteiger partial charge in [-0.3, -0.25) is 0 Å². The first-order valence-corrected chi connectivity index (χ1v) is 6.93. The van der Waals surface area contributed by atoms with Gasteiger partial charge in [0.15, 0.2) is 0 Å². The normalized spacial score (nSPS) is 10.3. The maximum absolute atomic E-state index is 5.82. The number of halogens is 1. The topological polar surface area (TPSA) is 47.0 Å². The number of anilines is 1. The van der Waals surface area contributed by atoms with Gasteiger partial charge < -0.3 is 10.1 Å². The maximum atomic E-state index is 5.82. The van der Waals surface area contributed by atoms with E-state index in [0.29, 0.717) is 12.5 Å². The van der Waals surface area contributed by atoms with Crippen molar-refractivity contribution >= 4 is 21.7 Å². The number of aromatic nitrogens is 2. The summed E-state index contributed by atoms with van der Waals surface area (Å²) in [7, 11) is 1.85. The number of benzene rings is 1. The van der Waals surface area contributed by atoms with E-state index in [1.54, 1.807) is 0 Å². The lowest BCUT2D eigenvalue weighted by Gasteiger charge is -2.12. The molecule has 0 bridgehead atoms. The third-order valence-corrected chi connectivity index (χ3v) is 3.59.